The lowest BCUT2D eigenvalue weighted by Gasteiger charge is -2.22. The molecule has 1 N–H and O–H groups in total. The Bertz CT molecular complexity index is 215. The van der Waals surface area contributed by atoms with E-state index in [4.69, 9.17) is 4.74 Å². The van der Waals surface area contributed by atoms with Gasteiger partial charge in [0.25, 0.3) is 0 Å². The summed E-state index contributed by atoms with van der Waals surface area (Å²) >= 11 is 0. The highest BCUT2D eigenvalue weighted by Crippen LogP contribution is 2.08. The van der Waals surface area contributed by atoms with Gasteiger partial charge in [0.05, 0.1) is 6.10 Å². The number of likely N-dealkylation sites (N-methyl/N-ethyl adjacent to an activating group) is 1. The molecule has 0 radical (unpaired) electrons. The molecule has 0 aliphatic carbocycles. The second-order valence-corrected chi connectivity index (χ2v) is 4.65. The second-order valence-electron chi connectivity index (χ2n) is 4.65. The fourth-order valence-corrected chi connectivity index (χ4v) is 1.98. The fraction of sp³-hybridized carbons (Fsp3) is 0.917. The first-order valence-corrected chi connectivity index (χ1v) is 6.13. The summed E-state index contributed by atoms with van der Waals surface area (Å²) in [6, 6.07) is 0.494. The van der Waals surface area contributed by atoms with Gasteiger partial charge in [0.15, 0.2) is 0 Å². The van der Waals surface area contributed by atoms with Crippen LogP contribution >= 0.6 is 0 Å². The van der Waals surface area contributed by atoms with E-state index in [0.29, 0.717) is 12.5 Å². The Hall–Kier alpha value is -0.610. The quantitative estimate of drug-likeness (QED) is 0.738. The number of hydrogen-bond donors (Lipinski definition) is 1. The summed E-state index contributed by atoms with van der Waals surface area (Å²) < 4.78 is 5.13. The predicted octanol–water partition coefficient (Wildman–Crippen LogP) is 1.01. The standard InChI is InChI=1S/C12H24N2O2/c1-10(16-3)6-7-12(15)14(2)9-11-5-4-8-13-11/h10-11,13H,4-9H2,1-3H3. The maximum Gasteiger partial charge on any atom is 0.222 e. The minimum Gasteiger partial charge on any atom is -0.382 e. The van der Waals surface area contributed by atoms with E-state index in [1.807, 2.05) is 18.9 Å². The van der Waals surface area contributed by atoms with Gasteiger partial charge in [-0.1, -0.05) is 0 Å². The van der Waals surface area contributed by atoms with Crippen molar-refractivity contribution in [3.8, 4) is 0 Å². The van der Waals surface area contributed by atoms with Crippen molar-refractivity contribution < 1.29 is 9.53 Å². The number of carbonyl (C=O) groups is 1. The minimum atomic E-state index is 0.168. The van der Waals surface area contributed by atoms with Crippen LogP contribution in [0.25, 0.3) is 0 Å². The number of carbonyl (C=O) groups excluding carboxylic acids is 1. The molecule has 16 heavy (non-hydrogen) atoms. The molecule has 1 aliphatic heterocycles. The van der Waals surface area contributed by atoms with Crippen LogP contribution in [0.2, 0.25) is 0 Å². The summed E-state index contributed by atoms with van der Waals surface area (Å²) in [6.07, 6.45) is 3.97. The van der Waals surface area contributed by atoms with Crippen molar-refractivity contribution in [2.24, 2.45) is 0 Å². The number of hydrogen-bond acceptors (Lipinski definition) is 3. The Balaban J connectivity index is 2.19. The molecule has 0 aromatic carbocycles. The van der Waals surface area contributed by atoms with Crippen LogP contribution in [0.4, 0.5) is 0 Å². The maximum absolute atomic E-state index is 11.8. The minimum absolute atomic E-state index is 0.168. The molecule has 0 spiro atoms. The van der Waals surface area contributed by atoms with Gasteiger partial charge in [0.2, 0.25) is 5.91 Å². The molecule has 2 unspecified atom stereocenters. The Morgan fingerprint density at radius 3 is 2.94 bits per heavy atom. The first-order chi connectivity index (χ1) is 7.63. The normalized spacial score (nSPS) is 22.1. The molecular formula is C12H24N2O2. The summed E-state index contributed by atoms with van der Waals surface area (Å²) in [5.41, 5.74) is 0. The molecule has 1 rings (SSSR count). The monoisotopic (exact) mass is 228 g/mol. The first kappa shape index (κ1) is 13.5. The van der Waals surface area contributed by atoms with Crippen LogP contribution in [0.1, 0.15) is 32.6 Å². The van der Waals surface area contributed by atoms with Gasteiger partial charge >= 0.3 is 0 Å². The molecule has 4 nitrogen and oxygen atoms in total. The van der Waals surface area contributed by atoms with Crippen molar-refractivity contribution in [3.63, 3.8) is 0 Å². The summed E-state index contributed by atoms with van der Waals surface area (Å²) in [5.74, 6) is 0.220. The van der Waals surface area contributed by atoms with Gasteiger partial charge in [-0.2, -0.15) is 0 Å². The second kappa shape index (κ2) is 6.86. The van der Waals surface area contributed by atoms with Gasteiger partial charge in [0.1, 0.15) is 0 Å². The van der Waals surface area contributed by atoms with Gasteiger partial charge in [-0.15, -0.1) is 0 Å². The first-order valence-electron chi connectivity index (χ1n) is 6.13. The molecule has 1 fully saturated rings. The van der Waals surface area contributed by atoms with Crippen molar-refractivity contribution in [2.75, 3.05) is 27.2 Å². The average Bonchev–Trinajstić information content (AvgIpc) is 2.77. The van der Waals surface area contributed by atoms with Gasteiger partial charge in [-0.25, -0.2) is 0 Å². The van der Waals surface area contributed by atoms with Crippen LogP contribution in [-0.2, 0) is 9.53 Å². The molecule has 0 bridgehead atoms. The van der Waals surface area contributed by atoms with E-state index in [-0.39, 0.29) is 12.0 Å². The van der Waals surface area contributed by atoms with Crippen molar-refractivity contribution >= 4 is 5.91 Å². The van der Waals surface area contributed by atoms with Crippen LogP contribution in [0, 0.1) is 0 Å². The predicted molar refractivity (Wildman–Crippen MR) is 64.4 cm³/mol. The number of nitrogens with one attached hydrogen (secondary N) is 1. The lowest BCUT2D eigenvalue weighted by Crippen LogP contribution is -2.38. The van der Waals surface area contributed by atoms with Crippen molar-refractivity contribution in [1.29, 1.82) is 0 Å². The van der Waals surface area contributed by atoms with E-state index in [0.717, 1.165) is 19.5 Å². The summed E-state index contributed by atoms with van der Waals surface area (Å²) in [6.45, 7) is 3.92. The molecule has 4 heteroatoms. The molecule has 0 saturated carbocycles. The number of amides is 1. The van der Waals surface area contributed by atoms with Gasteiger partial charge in [-0.3, -0.25) is 4.79 Å². The van der Waals surface area contributed by atoms with E-state index < -0.39 is 0 Å². The zero-order valence-corrected chi connectivity index (χ0v) is 10.7. The van der Waals surface area contributed by atoms with Gasteiger partial charge in [0, 0.05) is 33.2 Å². The molecule has 0 aromatic rings. The smallest absolute Gasteiger partial charge is 0.222 e. The Morgan fingerprint density at radius 1 is 1.62 bits per heavy atom. The van der Waals surface area contributed by atoms with Crippen molar-refractivity contribution in [1.82, 2.24) is 10.2 Å². The number of methoxy groups -OCH3 is 1. The van der Waals surface area contributed by atoms with E-state index in [2.05, 4.69) is 5.32 Å². The van der Waals surface area contributed by atoms with E-state index in [1.54, 1.807) is 7.11 Å². The fourth-order valence-electron chi connectivity index (χ4n) is 1.98. The van der Waals surface area contributed by atoms with E-state index >= 15 is 0 Å². The topological polar surface area (TPSA) is 41.6 Å². The number of nitrogens with zero attached hydrogens (tertiary/aromatic N) is 1. The van der Waals surface area contributed by atoms with Crippen LogP contribution in [0.15, 0.2) is 0 Å². The zero-order chi connectivity index (χ0) is 12.0. The van der Waals surface area contributed by atoms with Crippen molar-refractivity contribution in [3.05, 3.63) is 0 Å². The lowest BCUT2D eigenvalue weighted by molar-refractivity contribution is -0.130. The zero-order valence-electron chi connectivity index (χ0n) is 10.7. The SMILES string of the molecule is COC(C)CCC(=O)N(C)CC1CCCN1. The summed E-state index contributed by atoms with van der Waals surface area (Å²) in [7, 11) is 3.57. The molecule has 1 amide bonds. The molecule has 94 valence electrons. The van der Waals surface area contributed by atoms with Gasteiger partial charge in [-0.05, 0) is 32.7 Å². The molecule has 0 aromatic heterocycles. The van der Waals surface area contributed by atoms with E-state index in [9.17, 15) is 4.79 Å². The Kier molecular flexibility index (Phi) is 5.77. The summed E-state index contributed by atoms with van der Waals surface area (Å²) in [5, 5.41) is 3.40. The van der Waals surface area contributed by atoms with E-state index in [1.165, 1.54) is 12.8 Å². The average molecular weight is 228 g/mol. The molecule has 1 saturated heterocycles. The molecule has 2 atom stereocenters. The Labute approximate surface area is 98.3 Å². The molecule has 1 aliphatic rings. The highest BCUT2D eigenvalue weighted by molar-refractivity contribution is 5.75. The molecular weight excluding hydrogens is 204 g/mol. The third-order valence-electron chi connectivity index (χ3n) is 3.25. The number of rotatable bonds is 6. The molecule has 1 heterocycles. The van der Waals surface area contributed by atoms with Crippen LogP contribution in [0.3, 0.4) is 0 Å². The van der Waals surface area contributed by atoms with Crippen LogP contribution in [0.5, 0.6) is 0 Å². The maximum atomic E-state index is 11.8. The largest absolute Gasteiger partial charge is 0.382 e. The van der Waals surface area contributed by atoms with Gasteiger partial charge < -0.3 is 15.0 Å². The number of ether oxygens (including phenoxy) is 1. The summed E-state index contributed by atoms with van der Waals surface area (Å²) in [4.78, 5) is 13.6. The third-order valence-corrected chi connectivity index (χ3v) is 3.25. The third kappa shape index (κ3) is 4.49. The highest BCUT2D eigenvalue weighted by Gasteiger charge is 2.18. The van der Waals surface area contributed by atoms with Crippen molar-refractivity contribution in [2.45, 2.75) is 44.8 Å². The highest BCUT2D eigenvalue weighted by atomic mass is 16.5. The lowest BCUT2D eigenvalue weighted by atomic mass is 10.2. The Morgan fingerprint density at radius 2 is 2.38 bits per heavy atom. The van der Waals surface area contributed by atoms with Crippen LogP contribution < -0.4 is 5.32 Å². The van der Waals surface area contributed by atoms with Crippen LogP contribution in [-0.4, -0.2) is 50.2 Å².